The van der Waals surface area contributed by atoms with Gasteiger partial charge in [0, 0.05) is 17.9 Å². The Morgan fingerprint density at radius 2 is 1.65 bits per heavy atom. The fraction of sp³-hybridized carbons (Fsp3) is 0.0645. The summed E-state index contributed by atoms with van der Waals surface area (Å²) in [7, 11) is 0. The van der Waals surface area contributed by atoms with Gasteiger partial charge in [-0.3, -0.25) is 4.79 Å². The van der Waals surface area contributed by atoms with E-state index in [-0.39, 0.29) is 11.3 Å². The molecule has 0 saturated heterocycles. The molecular weight excluding hydrogens is 462 g/mol. The quantitative estimate of drug-likeness (QED) is 0.286. The second-order valence-corrected chi connectivity index (χ2v) is 9.20. The Morgan fingerprint density at radius 1 is 0.892 bits per heavy atom. The van der Waals surface area contributed by atoms with Gasteiger partial charge in [-0.15, -0.1) is 0 Å². The topological polar surface area (TPSA) is 73.2 Å². The number of hydrogen-bond acceptors (Lipinski definition) is 4. The lowest BCUT2D eigenvalue weighted by molar-refractivity contribution is -0.129. The third-order valence-electron chi connectivity index (χ3n) is 6.65. The van der Waals surface area contributed by atoms with Crippen molar-refractivity contribution >= 4 is 51.5 Å². The summed E-state index contributed by atoms with van der Waals surface area (Å²) in [5.74, 6) is -1.71. The zero-order valence-corrected chi connectivity index (χ0v) is 20.0. The van der Waals surface area contributed by atoms with Gasteiger partial charge in [0.1, 0.15) is 0 Å². The van der Waals surface area contributed by atoms with Crippen LogP contribution in [0.4, 0.5) is 17.1 Å². The molecule has 6 heteroatoms. The van der Waals surface area contributed by atoms with Crippen LogP contribution in [0.2, 0.25) is 0 Å². The molecule has 2 heterocycles. The van der Waals surface area contributed by atoms with Crippen LogP contribution in [-0.2, 0) is 16.0 Å². The summed E-state index contributed by atoms with van der Waals surface area (Å²) in [6.45, 7) is 4.97. The number of carboxylic acid groups (broad SMARTS) is 1. The van der Waals surface area contributed by atoms with Gasteiger partial charge in [-0.2, -0.15) is 10.1 Å². The molecule has 0 atom stereocenters. The molecule has 0 fully saturated rings. The van der Waals surface area contributed by atoms with Gasteiger partial charge in [-0.25, -0.2) is 4.79 Å². The maximum atomic E-state index is 13.2. The van der Waals surface area contributed by atoms with E-state index in [1.54, 1.807) is 30.3 Å². The Morgan fingerprint density at radius 3 is 2.43 bits per heavy atom. The van der Waals surface area contributed by atoms with E-state index in [0.717, 1.165) is 33.1 Å². The summed E-state index contributed by atoms with van der Waals surface area (Å²) in [6, 6.07) is 29.4. The minimum Gasteiger partial charge on any atom is -0.476 e. The first-order chi connectivity index (χ1) is 18.0. The first-order valence-corrected chi connectivity index (χ1v) is 12.0. The van der Waals surface area contributed by atoms with Crippen LogP contribution in [-0.4, -0.2) is 29.2 Å². The van der Waals surface area contributed by atoms with E-state index in [2.05, 4.69) is 46.9 Å². The number of nitrogens with zero attached hydrogens (tertiary/aromatic N) is 3. The van der Waals surface area contributed by atoms with Crippen LogP contribution in [0.15, 0.2) is 114 Å². The number of carbonyl (C=O) groups is 2. The van der Waals surface area contributed by atoms with Gasteiger partial charge >= 0.3 is 5.97 Å². The third-order valence-corrected chi connectivity index (χ3v) is 6.65. The standard InChI is InChI=1S/C31H23N3O3/c1-20-15-24-16-21(17-27-29(31(36)37)32-34(30(27)35)25-9-3-2-4-10-25)11-14-28(24)33(19-20)26-13-12-22-7-5-6-8-23(22)18-26/h2-14,16-18H,1,15,19H2,(H,36,37)/b27-17-. The van der Waals surface area contributed by atoms with Gasteiger partial charge in [0.25, 0.3) is 5.91 Å². The number of amides is 1. The molecule has 0 aromatic heterocycles. The maximum absolute atomic E-state index is 13.2. The average Bonchev–Trinajstić information content (AvgIpc) is 3.24. The van der Waals surface area contributed by atoms with Gasteiger partial charge in [-0.1, -0.05) is 66.7 Å². The molecule has 0 saturated carbocycles. The second-order valence-electron chi connectivity index (χ2n) is 9.20. The van der Waals surface area contributed by atoms with Crippen molar-refractivity contribution in [3.05, 3.63) is 120 Å². The third kappa shape index (κ3) is 4.08. The summed E-state index contributed by atoms with van der Waals surface area (Å²) in [4.78, 5) is 27.3. The number of benzene rings is 4. The molecule has 2 aliphatic heterocycles. The van der Waals surface area contributed by atoms with Crippen LogP contribution < -0.4 is 9.91 Å². The Labute approximate surface area is 214 Å². The van der Waals surface area contributed by atoms with Crippen molar-refractivity contribution in [2.24, 2.45) is 5.10 Å². The van der Waals surface area contributed by atoms with E-state index in [1.165, 1.54) is 10.8 Å². The molecule has 4 aromatic carbocycles. The highest BCUT2D eigenvalue weighted by Gasteiger charge is 2.35. The minimum atomic E-state index is -1.24. The van der Waals surface area contributed by atoms with Crippen LogP contribution in [0, 0.1) is 0 Å². The van der Waals surface area contributed by atoms with Crippen molar-refractivity contribution in [3.63, 3.8) is 0 Å². The lowest BCUT2D eigenvalue weighted by atomic mass is 9.94. The second kappa shape index (κ2) is 8.91. The Hall–Kier alpha value is -4.97. The van der Waals surface area contributed by atoms with Crippen molar-refractivity contribution in [2.75, 3.05) is 16.5 Å². The molecule has 0 radical (unpaired) electrons. The Kier molecular flexibility index (Phi) is 5.42. The van der Waals surface area contributed by atoms with Gasteiger partial charge in [0.15, 0.2) is 5.71 Å². The van der Waals surface area contributed by atoms with E-state index in [1.807, 2.05) is 36.4 Å². The van der Waals surface area contributed by atoms with Gasteiger partial charge < -0.3 is 10.0 Å². The fourth-order valence-electron chi connectivity index (χ4n) is 4.92. The van der Waals surface area contributed by atoms with Crippen molar-refractivity contribution in [1.82, 2.24) is 0 Å². The van der Waals surface area contributed by atoms with Crippen molar-refractivity contribution in [3.8, 4) is 0 Å². The summed E-state index contributed by atoms with van der Waals surface area (Å²) in [5.41, 5.74) is 5.33. The molecule has 6 rings (SSSR count). The Balaban J connectivity index is 1.37. The number of hydrogen-bond donors (Lipinski definition) is 1. The highest BCUT2D eigenvalue weighted by Crippen LogP contribution is 2.37. The number of carboxylic acids is 1. The van der Waals surface area contributed by atoms with Crippen molar-refractivity contribution < 1.29 is 14.7 Å². The first kappa shape index (κ1) is 22.5. The number of rotatable bonds is 4. The summed E-state index contributed by atoms with van der Waals surface area (Å²) < 4.78 is 0. The normalized spacial score (nSPS) is 16.3. The number of hydrazone groups is 1. The fourth-order valence-corrected chi connectivity index (χ4v) is 4.92. The van der Waals surface area contributed by atoms with Crippen LogP contribution in [0.5, 0.6) is 0 Å². The Bertz CT molecular complexity index is 1650. The molecule has 0 bridgehead atoms. The van der Waals surface area contributed by atoms with E-state index >= 15 is 0 Å². The van der Waals surface area contributed by atoms with Gasteiger partial charge in [0.2, 0.25) is 0 Å². The first-order valence-electron chi connectivity index (χ1n) is 12.0. The molecule has 0 unspecified atom stereocenters. The zero-order valence-electron chi connectivity index (χ0n) is 20.0. The lowest BCUT2D eigenvalue weighted by Gasteiger charge is -2.33. The predicted octanol–water partition coefficient (Wildman–Crippen LogP) is 5.96. The van der Waals surface area contributed by atoms with E-state index in [9.17, 15) is 14.7 Å². The average molecular weight is 486 g/mol. The smallest absolute Gasteiger partial charge is 0.357 e. The van der Waals surface area contributed by atoms with Crippen molar-refractivity contribution in [2.45, 2.75) is 6.42 Å². The predicted molar refractivity (Wildman–Crippen MR) is 147 cm³/mol. The van der Waals surface area contributed by atoms with Crippen LogP contribution in [0.3, 0.4) is 0 Å². The van der Waals surface area contributed by atoms with Gasteiger partial charge in [0.05, 0.1) is 11.3 Å². The molecule has 0 spiro atoms. The lowest BCUT2D eigenvalue weighted by Crippen LogP contribution is -2.26. The highest BCUT2D eigenvalue weighted by molar-refractivity contribution is 6.53. The van der Waals surface area contributed by atoms with Crippen LogP contribution >= 0.6 is 0 Å². The van der Waals surface area contributed by atoms with Gasteiger partial charge in [-0.05, 0) is 70.8 Å². The molecule has 6 nitrogen and oxygen atoms in total. The van der Waals surface area contributed by atoms with Crippen molar-refractivity contribution in [1.29, 1.82) is 0 Å². The number of anilines is 3. The van der Waals surface area contributed by atoms with Crippen LogP contribution in [0.25, 0.3) is 16.8 Å². The highest BCUT2D eigenvalue weighted by atomic mass is 16.4. The molecule has 0 aliphatic carbocycles. The van der Waals surface area contributed by atoms with E-state index < -0.39 is 11.9 Å². The van der Waals surface area contributed by atoms with E-state index in [4.69, 9.17) is 0 Å². The monoisotopic (exact) mass is 485 g/mol. The summed E-state index contributed by atoms with van der Waals surface area (Å²) in [6.07, 6.45) is 2.32. The number of aliphatic carboxylic acids is 1. The molecule has 2 aliphatic rings. The molecule has 1 amide bonds. The number of carbonyl (C=O) groups excluding carboxylic acids is 1. The van der Waals surface area contributed by atoms with Crippen LogP contribution in [0.1, 0.15) is 11.1 Å². The number of para-hydroxylation sites is 1. The molecule has 1 N–H and O–H groups in total. The summed E-state index contributed by atoms with van der Waals surface area (Å²) in [5, 5.41) is 17.3. The molecule has 4 aromatic rings. The molecular formula is C31H23N3O3. The minimum absolute atomic E-state index is 0.0531. The molecule has 37 heavy (non-hydrogen) atoms. The SMILES string of the molecule is C=C1Cc2cc(/C=C3\C(=O)N(c4ccccc4)N=C3C(=O)O)ccc2N(c2ccc3ccccc3c2)C1. The number of fused-ring (bicyclic) bond motifs is 2. The summed E-state index contributed by atoms with van der Waals surface area (Å²) >= 11 is 0. The zero-order chi connectivity index (χ0) is 25.5. The van der Waals surface area contributed by atoms with E-state index in [0.29, 0.717) is 18.7 Å². The molecule has 180 valence electrons. The largest absolute Gasteiger partial charge is 0.476 e. The maximum Gasteiger partial charge on any atom is 0.357 e.